The number of aliphatic hydroxyl groups is 4. The molecule has 0 bridgehead atoms. The Morgan fingerprint density at radius 1 is 0.862 bits per heavy atom. The number of phosphoric ester groups is 1. The lowest BCUT2D eigenvalue weighted by Gasteiger charge is -2.30. The van der Waals surface area contributed by atoms with E-state index >= 15 is 0 Å². The van der Waals surface area contributed by atoms with E-state index in [-0.39, 0.29) is 0 Å². The maximum Gasteiger partial charge on any atom is 0.341 e. The number of phosphoric acid groups is 1. The molecule has 0 aromatic rings. The van der Waals surface area contributed by atoms with Crippen LogP contribution in [0.4, 0.5) is 0 Å². The summed E-state index contributed by atoms with van der Waals surface area (Å²) in [5, 5.41) is 34.8. The van der Waals surface area contributed by atoms with Crippen LogP contribution in [0.25, 0.3) is 0 Å². The Balaban J connectivity index is -0.000000402. The van der Waals surface area contributed by atoms with Gasteiger partial charge in [-0.25, -0.2) is 4.79 Å². The molecule has 0 aliphatic heterocycles. The van der Waals surface area contributed by atoms with Crippen molar-refractivity contribution in [1.82, 2.24) is 0 Å². The third-order valence-corrected chi connectivity index (χ3v) is 4.75. The molecule has 12 heteroatoms. The zero-order valence-electron chi connectivity index (χ0n) is 18.5. The van der Waals surface area contributed by atoms with Gasteiger partial charge in [-0.3, -0.25) is 0 Å². The number of quaternary nitrogens is 2. The first-order chi connectivity index (χ1) is 13.4. The Hall–Kier alpha value is -0.620. The van der Waals surface area contributed by atoms with Crippen molar-refractivity contribution in [3.05, 3.63) is 0 Å². The molecule has 0 aromatic heterocycles. The van der Waals surface area contributed by atoms with Gasteiger partial charge in [0.05, 0.1) is 45.9 Å². The second-order valence-corrected chi connectivity index (χ2v) is 7.24. The van der Waals surface area contributed by atoms with Gasteiger partial charge >= 0.3 is 5.97 Å². The molecule has 0 saturated heterocycles. The highest BCUT2D eigenvalue weighted by atomic mass is 31.2. The summed E-state index contributed by atoms with van der Waals surface area (Å²) in [6.07, 6.45) is -6.47. The zero-order valence-corrected chi connectivity index (χ0v) is 19.4. The van der Waals surface area contributed by atoms with Crippen molar-refractivity contribution in [3.8, 4) is 0 Å². The molecule has 11 nitrogen and oxygen atoms in total. The summed E-state index contributed by atoms with van der Waals surface area (Å²) in [6, 6.07) is 0. The standard InChI is InChI=1S/2C6H15N.C5H11O9P/c2*1-4-7(5-2)6-3;6-1-2(7)3(8)4(9)5(10)14-15(11,12)13/h2*4-6H2,1-3H3;2-4,6-9H,1H2,(H2,11,12,13)/t;;2-,3+,4-/m..1/s1. The van der Waals surface area contributed by atoms with Crippen LogP contribution in [0.5, 0.6) is 0 Å². The molecule has 178 valence electrons. The van der Waals surface area contributed by atoms with E-state index in [2.05, 4.69) is 46.1 Å². The lowest BCUT2D eigenvalue weighted by atomic mass is 10.1. The van der Waals surface area contributed by atoms with E-state index in [0.717, 1.165) is 0 Å². The SMILES string of the molecule is CC[NH+](CC)CC.CC[NH+](CC)CC.O=C(OP(=O)([O-])[O-])[C@H](O)[C@@H](O)[C@H](O)CO. The van der Waals surface area contributed by atoms with Crippen molar-refractivity contribution in [2.45, 2.75) is 59.9 Å². The minimum atomic E-state index is -5.62. The normalized spacial score (nSPS) is 14.3. The molecule has 0 aliphatic carbocycles. The number of nitrogens with one attached hydrogen (secondary N) is 2. The maximum absolute atomic E-state index is 10.6. The molecular weight excluding hydrogens is 407 g/mol. The fourth-order valence-electron chi connectivity index (χ4n) is 2.12. The van der Waals surface area contributed by atoms with Crippen molar-refractivity contribution >= 4 is 13.8 Å². The largest absolute Gasteiger partial charge is 0.780 e. The topological polar surface area (TPSA) is 179 Å². The average Bonchev–Trinajstić information content (AvgIpc) is 2.68. The van der Waals surface area contributed by atoms with E-state index in [0.29, 0.717) is 0 Å². The van der Waals surface area contributed by atoms with Crippen molar-refractivity contribution in [2.24, 2.45) is 0 Å². The lowest BCUT2D eigenvalue weighted by molar-refractivity contribution is -0.894. The second-order valence-electron chi connectivity index (χ2n) is 6.16. The van der Waals surface area contributed by atoms with Crippen molar-refractivity contribution < 1.29 is 53.9 Å². The Morgan fingerprint density at radius 3 is 1.34 bits per heavy atom. The predicted molar refractivity (Wildman–Crippen MR) is 104 cm³/mol. The number of carbonyl (C=O) groups is 1. The molecule has 3 atom stereocenters. The van der Waals surface area contributed by atoms with Gasteiger partial charge in [0.15, 0.2) is 6.10 Å². The van der Waals surface area contributed by atoms with E-state index in [9.17, 15) is 19.1 Å². The van der Waals surface area contributed by atoms with Crippen LogP contribution in [-0.2, 0) is 13.9 Å². The number of rotatable bonds is 11. The lowest BCUT2D eigenvalue weighted by Crippen LogP contribution is -3.11. The van der Waals surface area contributed by atoms with Crippen LogP contribution in [0.15, 0.2) is 0 Å². The summed E-state index contributed by atoms with van der Waals surface area (Å²) in [5.41, 5.74) is 0. The van der Waals surface area contributed by atoms with Gasteiger partial charge in [0.1, 0.15) is 20.0 Å². The number of aliphatic hydroxyl groups excluding tert-OH is 4. The Labute approximate surface area is 174 Å². The molecule has 6 N–H and O–H groups in total. The molecule has 0 heterocycles. The van der Waals surface area contributed by atoms with Crippen LogP contribution in [0, 0.1) is 0 Å². The highest BCUT2D eigenvalue weighted by Crippen LogP contribution is 2.25. The van der Waals surface area contributed by atoms with Gasteiger partial charge in [0.25, 0.3) is 0 Å². The van der Waals surface area contributed by atoms with Gasteiger partial charge in [0, 0.05) is 0 Å². The molecule has 0 spiro atoms. The van der Waals surface area contributed by atoms with Gasteiger partial charge in [-0.1, -0.05) is 0 Å². The summed E-state index contributed by atoms with van der Waals surface area (Å²) in [6.45, 7) is 20.0. The first kappa shape index (κ1) is 33.0. The maximum atomic E-state index is 10.6. The fourth-order valence-corrected chi connectivity index (χ4v) is 2.45. The van der Waals surface area contributed by atoms with Crippen LogP contribution >= 0.6 is 7.82 Å². The first-order valence-corrected chi connectivity index (χ1v) is 11.4. The predicted octanol–water partition coefficient (Wildman–Crippen LogP) is -4.70. The Morgan fingerprint density at radius 2 is 1.17 bits per heavy atom. The smallest absolute Gasteiger partial charge is 0.341 e. The number of hydrogen-bond donors (Lipinski definition) is 6. The molecular formula is C17H41N2O9P. The van der Waals surface area contributed by atoms with Crippen molar-refractivity contribution in [2.75, 3.05) is 45.9 Å². The molecule has 0 saturated carbocycles. The monoisotopic (exact) mass is 448 g/mol. The van der Waals surface area contributed by atoms with Crippen LogP contribution in [0.1, 0.15) is 41.5 Å². The van der Waals surface area contributed by atoms with E-state index in [4.69, 9.17) is 20.4 Å². The summed E-state index contributed by atoms with van der Waals surface area (Å²) < 4.78 is 13.2. The molecule has 29 heavy (non-hydrogen) atoms. The van der Waals surface area contributed by atoms with Gasteiger partial charge in [-0.15, -0.1) is 0 Å². The van der Waals surface area contributed by atoms with Gasteiger partial charge in [-0.05, 0) is 41.5 Å². The fraction of sp³-hybridized carbons (Fsp3) is 0.941. The number of carbonyl (C=O) groups excluding carboxylic acids is 1. The van der Waals surface area contributed by atoms with E-state index in [1.807, 2.05) is 0 Å². The highest BCUT2D eigenvalue weighted by molar-refractivity contribution is 7.43. The van der Waals surface area contributed by atoms with Gasteiger partial charge < -0.3 is 49.1 Å². The average molecular weight is 448 g/mol. The Kier molecular flexibility index (Phi) is 22.0. The summed E-state index contributed by atoms with van der Waals surface area (Å²) in [4.78, 5) is 33.8. The van der Waals surface area contributed by atoms with E-state index in [1.54, 1.807) is 9.80 Å². The second kappa shape index (κ2) is 19.3. The summed E-state index contributed by atoms with van der Waals surface area (Å²) >= 11 is 0. The summed E-state index contributed by atoms with van der Waals surface area (Å²) in [7, 11) is -5.62. The zero-order chi connectivity index (χ0) is 23.6. The van der Waals surface area contributed by atoms with Crippen molar-refractivity contribution in [3.63, 3.8) is 0 Å². The molecule has 0 fully saturated rings. The van der Waals surface area contributed by atoms with Crippen LogP contribution < -0.4 is 19.6 Å². The highest BCUT2D eigenvalue weighted by Gasteiger charge is 2.31. The number of hydrogen-bond acceptors (Lipinski definition) is 9. The third kappa shape index (κ3) is 19.1. The minimum Gasteiger partial charge on any atom is -0.780 e. The van der Waals surface area contributed by atoms with Crippen LogP contribution in [-0.4, -0.2) is 90.6 Å². The Bertz CT molecular complexity index is 406. The van der Waals surface area contributed by atoms with E-state index < -0.39 is 38.7 Å². The first-order valence-electron chi connectivity index (χ1n) is 9.96. The van der Waals surface area contributed by atoms with Crippen LogP contribution in [0.2, 0.25) is 0 Å². The van der Waals surface area contributed by atoms with Gasteiger partial charge in [-0.2, -0.15) is 0 Å². The molecule has 0 unspecified atom stereocenters. The summed E-state index contributed by atoms with van der Waals surface area (Å²) in [5.74, 6) is -1.93. The van der Waals surface area contributed by atoms with E-state index in [1.165, 1.54) is 39.3 Å². The quantitative estimate of drug-likeness (QED) is 0.169. The van der Waals surface area contributed by atoms with Gasteiger partial charge in [0.2, 0.25) is 0 Å². The molecule has 0 radical (unpaired) electrons. The van der Waals surface area contributed by atoms with Crippen molar-refractivity contribution in [1.29, 1.82) is 0 Å². The molecule has 0 aliphatic rings. The molecule has 0 rings (SSSR count). The van der Waals surface area contributed by atoms with Crippen LogP contribution in [0.3, 0.4) is 0 Å². The third-order valence-electron chi connectivity index (χ3n) is 4.35. The molecule has 0 aromatic carbocycles. The minimum absolute atomic E-state index is 0.974. The molecule has 0 amide bonds.